The third kappa shape index (κ3) is 7.08. The van der Waals surface area contributed by atoms with Crippen molar-refractivity contribution in [1.82, 2.24) is 0 Å². The maximum Gasteiger partial charge on any atom is 0.337 e. The molecule has 0 aliphatic carbocycles. The molecular formula is C35H39NO3. The fraction of sp³-hybridized carbons (Fsp3) is 0.286. The number of hydrogen-bond acceptors (Lipinski definition) is 4. The lowest BCUT2D eigenvalue weighted by Crippen LogP contribution is -2.22. The maximum atomic E-state index is 12.1. The molecule has 4 rings (SSSR count). The first-order valence-electron chi connectivity index (χ1n) is 13.8. The Morgan fingerprint density at radius 1 is 0.821 bits per heavy atom. The van der Waals surface area contributed by atoms with Gasteiger partial charge in [0.25, 0.3) is 0 Å². The normalized spacial score (nSPS) is 12.5. The lowest BCUT2D eigenvalue weighted by atomic mass is 9.80. The maximum absolute atomic E-state index is 12.1. The third-order valence-corrected chi connectivity index (χ3v) is 7.44. The Morgan fingerprint density at radius 3 is 2.18 bits per heavy atom. The van der Waals surface area contributed by atoms with Gasteiger partial charge in [0.05, 0.1) is 25.8 Å². The molecule has 4 aromatic rings. The molecule has 0 saturated carbocycles. The van der Waals surface area contributed by atoms with Crippen molar-refractivity contribution in [2.45, 2.75) is 45.1 Å². The molecule has 4 heteroatoms. The highest BCUT2D eigenvalue weighted by atomic mass is 16.5. The third-order valence-electron chi connectivity index (χ3n) is 7.44. The van der Waals surface area contributed by atoms with Crippen LogP contribution in [0.25, 0.3) is 16.3 Å². The average molecular weight is 522 g/mol. The molecule has 4 nitrogen and oxygen atoms in total. The monoisotopic (exact) mass is 521 g/mol. The van der Waals surface area contributed by atoms with Crippen molar-refractivity contribution in [1.29, 1.82) is 0 Å². The first-order valence-corrected chi connectivity index (χ1v) is 13.8. The number of anilines is 1. The summed E-state index contributed by atoms with van der Waals surface area (Å²) in [4.78, 5) is 12.1. The fourth-order valence-corrected chi connectivity index (χ4v) is 5.16. The Hall–Kier alpha value is -4.05. The second kappa shape index (κ2) is 13.7. The smallest absolute Gasteiger partial charge is 0.337 e. The Bertz CT molecular complexity index is 1380. The number of rotatable bonds is 13. The molecule has 4 aromatic carbocycles. The molecule has 0 bridgehead atoms. The van der Waals surface area contributed by atoms with Gasteiger partial charge in [-0.2, -0.15) is 0 Å². The average Bonchev–Trinajstić information content (AvgIpc) is 2.99. The molecule has 0 radical (unpaired) electrons. The highest BCUT2D eigenvalue weighted by Gasteiger charge is 2.27. The topological polar surface area (TPSA) is 47.6 Å². The van der Waals surface area contributed by atoms with E-state index in [1.54, 1.807) is 7.11 Å². The molecule has 0 heterocycles. The van der Waals surface area contributed by atoms with Crippen molar-refractivity contribution in [2.75, 3.05) is 19.5 Å². The lowest BCUT2D eigenvalue weighted by molar-refractivity contribution is 0.0600. The molecule has 0 unspecified atom stereocenters. The van der Waals surface area contributed by atoms with Crippen molar-refractivity contribution in [3.63, 3.8) is 0 Å². The number of nitrogens with one attached hydrogen (secondary N) is 1. The van der Waals surface area contributed by atoms with Gasteiger partial charge in [0, 0.05) is 11.6 Å². The second-order valence-electron chi connectivity index (χ2n) is 10.0. The number of ether oxygens (including phenoxy) is 2. The number of esters is 1. The number of carbonyl (C=O) groups excluding carboxylic acids is 1. The predicted molar refractivity (Wildman–Crippen MR) is 162 cm³/mol. The summed E-state index contributed by atoms with van der Waals surface area (Å²) in [6.45, 7) is 6.91. The zero-order valence-electron chi connectivity index (χ0n) is 23.3. The van der Waals surface area contributed by atoms with E-state index in [9.17, 15) is 4.79 Å². The molecule has 0 saturated heterocycles. The van der Waals surface area contributed by atoms with Gasteiger partial charge in [-0.15, -0.1) is 0 Å². The number of benzene rings is 4. The van der Waals surface area contributed by atoms with Gasteiger partial charge < -0.3 is 14.8 Å². The number of unbranched alkanes of at least 4 members (excludes halogenated alkanes) is 3. The van der Waals surface area contributed by atoms with Gasteiger partial charge in [0.15, 0.2) is 0 Å². The van der Waals surface area contributed by atoms with E-state index in [0.717, 1.165) is 41.0 Å². The van der Waals surface area contributed by atoms with Crippen molar-refractivity contribution in [3.8, 4) is 5.75 Å². The minimum Gasteiger partial charge on any atom is -0.497 e. The highest BCUT2D eigenvalue weighted by Crippen LogP contribution is 2.40. The summed E-state index contributed by atoms with van der Waals surface area (Å²) in [5, 5.41) is 6.24. The van der Waals surface area contributed by atoms with E-state index in [2.05, 4.69) is 61.3 Å². The minimum atomic E-state index is -0.335. The fourth-order valence-electron chi connectivity index (χ4n) is 5.16. The van der Waals surface area contributed by atoms with Gasteiger partial charge in [0.2, 0.25) is 0 Å². The molecule has 0 amide bonds. The van der Waals surface area contributed by atoms with E-state index < -0.39 is 0 Å². The van der Waals surface area contributed by atoms with E-state index in [0.29, 0.717) is 5.56 Å². The number of methoxy groups -OCH3 is 2. The number of hydrogen-bond donors (Lipinski definition) is 1. The molecule has 202 valence electrons. The van der Waals surface area contributed by atoms with Crippen LogP contribution in [0.1, 0.15) is 66.6 Å². The van der Waals surface area contributed by atoms with Crippen LogP contribution in [0.2, 0.25) is 0 Å². The van der Waals surface area contributed by atoms with Crippen molar-refractivity contribution < 1.29 is 14.3 Å². The largest absolute Gasteiger partial charge is 0.497 e. The summed E-state index contributed by atoms with van der Waals surface area (Å²) >= 11 is 0. The Labute approximate surface area is 232 Å². The van der Waals surface area contributed by atoms with Crippen LogP contribution in [-0.2, 0) is 4.74 Å². The summed E-state index contributed by atoms with van der Waals surface area (Å²) in [5.41, 5.74) is 4.91. The van der Waals surface area contributed by atoms with Crippen LogP contribution in [0.4, 0.5) is 5.69 Å². The highest BCUT2D eigenvalue weighted by molar-refractivity contribution is 5.89. The van der Waals surface area contributed by atoms with Crippen LogP contribution in [0.5, 0.6) is 5.75 Å². The molecular weight excluding hydrogens is 482 g/mol. The summed E-state index contributed by atoms with van der Waals surface area (Å²) in [6.07, 6.45) is 5.72. The first kappa shape index (κ1) is 28.0. The van der Waals surface area contributed by atoms with E-state index in [1.807, 2.05) is 48.5 Å². The van der Waals surface area contributed by atoms with Crippen LogP contribution in [0, 0.1) is 5.92 Å². The molecule has 2 atom stereocenters. The summed E-state index contributed by atoms with van der Waals surface area (Å²) in [7, 11) is 3.08. The Kier molecular flexibility index (Phi) is 9.80. The van der Waals surface area contributed by atoms with E-state index in [1.165, 1.54) is 37.1 Å². The molecule has 39 heavy (non-hydrogen) atoms. The predicted octanol–water partition coefficient (Wildman–Crippen LogP) is 9.09. The molecule has 0 aromatic heterocycles. The zero-order valence-corrected chi connectivity index (χ0v) is 23.3. The van der Waals surface area contributed by atoms with Gasteiger partial charge >= 0.3 is 5.97 Å². The van der Waals surface area contributed by atoms with Crippen LogP contribution in [0.15, 0.2) is 97.6 Å². The Morgan fingerprint density at radius 2 is 1.51 bits per heavy atom. The quantitative estimate of drug-likeness (QED) is 0.141. The SMILES string of the molecule is C=C(c1ccc2ccccc2c1)[C@H](CCCCCC)[C@H](Nc1ccc(OC)cc1)c1ccc(C(=O)OC)cc1. The standard InChI is InChI=1S/C35H39NO3/c1-5-6-7-8-13-33(25(2)29-19-14-26-11-9-10-12-30(26)24-29)34(36-31-20-22-32(38-3)23-21-31)27-15-17-28(18-16-27)35(37)39-4/h9-12,14-24,33-34,36H,2,5-8,13H2,1,3-4H3/t33-,34+/m0/s1. The van der Waals surface area contributed by atoms with Crippen molar-refractivity contribution in [3.05, 3.63) is 114 Å². The van der Waals surface area contributed by atoms with Gasteiger partial charge in [-0.25, -0.2) is 4.79 Å². The number of carbonyl (C=O) groups is 1. The molecule has 0 spiro atoms. The molecule has 1 N–H and O–H groups in total. The first-order chi connectivity index (χ1) is 19.0. The Balaban J connectivity index is 1.74. The summed E-state index contributed by atoms with van der Waals surface area (Å²) < 4.78 is 10.3. The van der Waals surface area contributed by atoms with Gasteiger partial charge in [-0.3, -0.25) is 0 Å². The van der Waals surface area contributed by atoms with E-state index >= 15 is 0 Å². The molecule has 0 aliphatic heterocycles. The molecule has 0 fully saturated rings. The number of fused-ring (bicyclic) bond motifs is 1. The van der Waals surface area contributed by atoms with Crippen molar-refractivity contribution >= 4 is 28.0 Å². The lowest BCUT2D eigenvalue weighted by Gasteiger charge is -2.32. The zero-order chi connectivity index (χ0) is 27.6. The second-order valence-corrected chi connectivity index (χ2v) is 10.0. The van der Waals surface area contributed by atoms with E-state index in [4.69, 9.17) is 9.47 Å². The van der Waals surface area contributed by atoms with E-state index in [-0.39, 0.29) is 17.9 Å². The van der Waals surface area contributed by atoms with Crippen LogP contribution < -0.4 is 10.1 Å². The van der Waals surface area contributed by atoms with Gasteiger partial charge in [-0.05, 0) is 76.4 Å². The van der Waals surface area contributed by atoms with Crippen LogP contribution in [0.3, 0.4) is 0 Å². The summed E-state index contributed by atoms with van der Waals surface area (Å²) in [6, 6.07) is 30.8. The molecule has 0 aliphatic rings. The van der Waals surface area contributed by atoms with Crippen molar-refractivity contribution in [2.24, 2.45) is 5.92 Å². The van der Waals surface area contributed by atoms with Gasteiger partial charge in [0.1, 0.15) is 5.75 Å². The van der Waals surface area contributed by atoms with Gasteiger partial charge in [-0.1, -0.05) is 87.7 Å². The van der Waals surface area contributed by atoms with Crippen LogP contribution >= 0.6 is 0 Å². The van der Waals surface area contributed by atoms with Crippen LogP contribution in [-0.4, -0.2) is 20.2 Å². The summed E-state index contributed by atoms with van der Waals surface area (Å²) in [5.74, 6) is 0.614. The minimum absolute atomic E-state index is 0.0503.